The van der Waals surface area contributed by atoms with E-state index in [0.29, 0.717) is 6.04 Å². The zero-order chi connectivity index (χ0) is 13.1. The summed E-state index contributed by atoms with van der Waals surface area (Å²) in [4.78, 5) is 10.3. The molecule has 0 aromatic heterocycles. The number of hydrogen-bond acceptors (Lipinski definition) is 4. The van der Waals surface area contributed by atoms with E-state index < -0.39 is 4.92 Å². The highest BCUT2D eigenvalue weighted by atomic mass is 35.5. The Morgan fingerprint density at radius 3 is 2.94 bits per heavy atom. The van der Waals surface area contributed by atoms with Gasteiger partial charge < -0.3 is 10.6 Å². The molecule has 1 saturated heterocycles. The number of nitrogens with zero attached hydrogens (tertiary/aromatic N) is 1. The van der Waals surface area contributed by atoms with Gasteiger partial charge in [-0.1, -0.05) is 11.6 Å². The van der Waals surface area contributed by atoms with Crippen LogP contribution < -0.4 is 10.6 Å². The lowest BCUT2D eigenvalue weighted by molar-refractivity contribution is -0.384. The standard InChI is InChI=1S/C12H16ClN3O2/c1-8-5-12(16(17)18)10(13)6-11(8)15-9-3-2-4-14-7-9/h5-6,9,14-15H,2-4,7H2,1H3. The molecule has 1 atom stereocenters. The fraction of sp³-hybridized carbons (Fsp3) is 0.500. The van der Waals surface area contributed by atoms with Crippen LogP contribution in [-0.4, -0.2) is 24.1 Å². The summed E-state index contributed by atoms with van der Waals surface area (Å²) >= 11 is 5.92. The molecular weight excluding hydrogens is 254 g/mol. The minimum absolute atomic E-state index is 0.0403. The molecule has 0 radical (unpaired) electrons. The Kier molecular flexibility index (Phi) is 4.04. The molecule has 5 nitrogen and oxygen atoms in total. The topological polar surface area (TPSA) is 67.2 Å². The third kappa shape index (κ3) is 2.91. The molecule has 0 amide bonds. The summed E-state index contributed by atoms with van der Waals surface area (Å²) < 4.78 is 0. The van der Waals surface area contributed by atoms with Crippen molar-refractivity contribution in [2.45, 2.75) is 25.8 Å². The molecule has 1 fully saturated rings. The summed E-state index contributed by atoms with van der Waals surface area (Å²) in [6, 6.07) is 3.51. The number of nitro benzene ring substituents is 1. The number of nitro groups is 1. The van der Waals surface area contributed by atoms with Gasteiger partial charge in [-0.05, 0) is 37.9 Å². The van der Waals surface area contributed by atoms with Crippen molar-refractivity contribution in [2.75, 3.05) is 18.4 Å². The molecule has 2 N–H and O–H groups in total. The van der Waals surface area contributed by atoms with Gasteiger partial charge in [0.05, 0.1) is 4.92 Å². The van der Waals surface area contributed by atoms with Crippen LogP contribution in [0.15, 0.2) is 12.1 Å². The van der Waals surface area contributed by atoms with Crippen molar-refractivity contribution in [3.63, 3.8) is 0 Å². The van der Waals surface area contributed by atoms with E-state index in [0.717, 1.165) is 37.2 Å². The van der Waals surface area contributed by atoms with Gasteiger partial charge in [0, 0.05) is 24.3 Å². The van der Waals surface area contributed by atoms with E-state index >= 15 is 0 Å². The van der Waals surface area contributed by atoms with Crippen LogP contribution in [0, 0.1) is 17.0 Å². The largest absolute Gasteiger partial charge is 0.381 e. The van der Waals surface area contributed by atoms with Gasteiger partial charge in [0.25, 0.3) is 5.69 Å². The number of halogens is 1. The first kappa shape index (κ1) is 13.1. The van der Waals surface area contributed by atoms with E-state index in [9.17, 15) is 10.1 Å². The van der Waals surface area contributed by atoms with Gasteiger partial charge in [-0.25, -0.2) is 0 Å². The summed E-state index contributed by atoms with van der Waals surface area (Å²) in [5, 5.41) is 17.6. The van der Waals surface area contributed by atoms with Crippen molar-refractivity contribution in [3.05, 3.63) is 32.8 Å². The van der Waals surface area contributed by atoms with E-state index in [1.807, 2.05) is 6.92 Å². The lowest BCUT2D eigenvalue weighted by Crippen LogP contribution is -2.38. The second kappa shape index (κ2) is 5.54. The number of anilines is 1. The minimum atomic E-state index is -0.457. The van der Waals surface area contributed by atoms with Crippen LogP contribution in [0.3, 0.4) is 0 Å². The molecule has 1 heterocycles. The number of hydrogen-bond donors (Lipinski definition) is 2. The molecule has 1 aromatic rings. The molecule has 1 unspecified atom stereocenters. The quantitative estimate of drug-likeness (QED) is 0.654. The molecule has 18 heavy (non-hydrogen) atoms. The van der Waals surface area contributed by atoms with E-state index in [4.69, 9.17) is 11.6 Å². The van der Waals surface area contributed by atoms with Crippen LogP contribution in [0.2, 0.25) is 5.02 Å². The zero-order valence-corrected chi connectivity index (χ0v) is 11.0. The molecule has 0 aliphatic carbocycles. The maximum absolute atomic E-state index is 10.8. The first-order valence-corrected chi connectivity index (χ1v) is 6.37. The van der Waals surface area contributed by atoms with Crippen molar-refractivity contribution in [3.8, 4) is 0 Å². The first-order valence-electron chi connectivity index (χ1n) is 5.99. The number of rotatable bonds is 3. The number of aryl methyl sites for hydroxylation is 1. The van der Waals surface area contributed by atoms with Gasteiger partial charge in [-0.2, -0.15) is 0 Å². The highest BCUT2D eigenvalue weighted by molar-refractivity contribution is 6.33. The molecule has 0 saturated carbocycles. The van der Waals surface area contributed by atoms with Crippen molar-refractivity contribution < 1.29 is 4.92 Å². The van der Waals surface area contributed by atoms with Crippen molar-refractivity contribution in [1.29, 1.82) is 0 Å². The average Bonchev–Trinajstić information content (AvgIpc) is 2.34. The predicted octanol–water partition coefficient (Wildman–Crippen LogP) is 2.72. The Hall–Kier alpha value is -1.33. The molecule has 0 spiro atoms. The monoisotopic (exact) mass is 269 g/mol. The van der Waals surface area contributed by atoms with E-state index in [2.05, 4.69) is 10.6 Å². The Labute approximate surface area is 111 Å². The minimum Gasteiger partial charge on any atom is -0.381 e. The van der Waals surface area contributed by atoms with Gasteiger partial charge in [0.1, 0.15) is 5.02 Å². The second-order valence-corrected chi connectivity index (χ2v) is 4.97. The molecule has 2 rings (SSSR count). The lowest BCUT2D eigenvalue weighted by Gasteiger charge is -2.25. The average molecular weight is 270 g/mol. The first-order chi connectivity index (χ1) is 8.58. The van der Waals surface area contributed by atoms with Crippen molar-refractivity contribution >= 4 is 23.0 Å². The smallest absolute Gasteiger partial charge is 0.288 e. The number of piperidine rings is 1. The summed E-state index contributed by atoms with van der Waals surface area (Å²) in [7, 11) is 0. The highest BCUT2D eigenvalue weighted by Crippen LogP contribution is 2.31. The Morgan fingerprint density at radius 2 is 2.33 bits per heavy atom. The molecule has 98 valence electrons. The van der Waals surface area contributed by atoms with Crippen LogP contribution in [0.5, 0.6) is 0 Å². The van der Waals surface area contributed by atoms with Crippen LogP contribution in [0.4, 0.5) is 11.4 Å². The van der Waals surface area contributed by atoms with E-state index in [1.165, 1.54) is 6.07 Å². The number of nitrogens with one attached hydrogen (secondary N) is 2. The van der Waals surface area contributed by atoms with E-state index in [1.54, 1.807) is 6.07 Å². The van der Waals surface area contributed by atoms with Gasteiger partial charge in [0.15, 0.2) is 0 Å². The van der Waals surface area contributed by atoms with Gasteiger partial charge in [-0.15, -0.1) is 0 Å². The zero-order valence-electron chi connectivity index (χ0n) is 10.2. The van der Waals surface area contributed by atoms with Crippen molar-refractivity contribution in [1.82, 2.24) is 5.32 Å². The van der Waals surface area contributed by atoms with Crippen LogP contribution >= 0.6 is 11.6 Å². The normalized spacial score (nSPS) is 19.6. The van der Waals surface area contributed by atoms with Gasteiger partial charge >= 0.3 is 0 Å². The molecule has 0 bridgehead atoms. The molecular formula is C12H16ClN3O2. The predicted molar refractivity (Wildman–Crippen MR) is 72.4 cm³/mol. The summed E-state index contributed by atoms with van der Waals surface area (Å²) in [6.45, 7) is 3.81. The third-order valence-electron chi connectivity index (χ3n) is 3.15. The molecule has 1 aromatic carbocycles. The van der Waals surface area contributed by atoms with Crippen molar-refractivity contribution in [2.24, 2.45) is 0 Å². The molecule has 6 heteroatoms. The third-order valence-corrected chi connectivity index (χ3v) is 3.45. The molecule has 1 aliphatic heterocycles. The second-order valence-electron chi connectivity index (χ2n) is 4.56. The van der Waals surface area contributed by atoms with Crippen LogP contribution in [-0.2, 0) is 0 Å². The Morgan fingerprint density at radius 1 is 1.56 bits per heavy atom. The molecule has 1 aliphatic rings. The summed E-state index contributed by atoms with van der Waals surface area (Å²) in [6.07, 6.45) is 2.23. The summed E-state index contributed by atoms with van der Waals surface area (Å²) in [5.74, 6) is 0. The Bertz CT molecular complexity index is 459. The lowest BCUT2D eigenvalue weighted by atomic mass is 10.1. The number of benzene rings is 1. The van der Waals surface area contributed by atoms with Gasteiger partial charge in [-0.3, -0.25) is 10.1 Å². The Balaban J connectivity index is 2.18. The fourth-order valence-electron chi connectivity index (χ4n) is 2.16. The van der Waals surface area contributed by atoms with Crippen LogP contribution in [0.1, 0.15) is 18.4 Å². The summed E-state index contributed by atoms with van der Waals surface area (Å²) in [5.41, 5.74) is 1.68. The van der Waals surface area contributed by atoms with E-state index in [-0.39, 0.29) is 10.7 Å². The fourth-order valence-corrected chi connectivity index (χ4v) is 2.39. The SMILES string of the molecule is Cc1cc([N+](=O)[O-])c(Cl)cc1NC1CCCNC1. The maximum Gasteiger partial charge on any atom is 0.288 e. The maximum atomic E-state index is 10.8. The van der Waals surface area contributed by atoms with Gasteiger partial charge in [0.2, 0.25) is 0 Å². The van der Waals surface area contributed by atoms with Crippen LogP contribution in [0.25, 0.3) is 0 Å². The highest BCUT2D eigenvalue weighted by Gasteiger charge is 2.18.